The summed E-state index contributed by atoms with van der Waals surface area (Å²) >= 11 is 0. The number of fused-ring (bicyclic) bond motifs is 3. The third-order valence-corrected chi connectivity index (χ3v) is 3.84. The van der Waals surface area contributed by atoms with Crippen molar-refractivity contribution >= 4 is 0 Å². The zero-order valence-corrected chi connectivity index (χ0v) is 9.47. The Labute approximate surface area is 88.1 Å². The van der Waals surface area contributed by atoms with Crippen LogP contribution in [-0.2, 0) is 0 Å². The molecule has 0 aromatic heterocycles. The number of hydrogen-bond acceptors (Lipinski definition) is 2. The maximum absolute atomic E-state index is 3.75. The normalized spacial score (nSPS) is 36.2. The summed E-state index contributed by atoms with van der Waals surface area (Å²) < 4.78 is 0. The van der Waals surface area contributed by atoms with Gasteiger partial charge in [0, 0.05) is 12.8 Å². The molecule has 1 N–H and O–H groups in total. The summed E-state index contributed by atoms with van der Waals surface area (Å²) in [5.41, 5.74) is 0. The monoisotopic (exact) mass is 196 g/mol. The fourth-order valence-corrected chi connectivity index (χ4v) is 2.86. The lowest BCUT2D eigenvalue weighted by atomic mass is 9.84. The zero-order valence-electron chi connectivity index (χ0n) is 9.47. The summed E-state index contributed by atoms with van der Waals surface area (Å²) in [4.78, 5) is 2.62. The molecule has 3 rings (SSSR count). The molecule has 0 aromatic rings. The van der Waals surface area contributed by atoms with Crippen molar-refractivity contribution in [3.8, 4) is 0 Å². The van der Waals surface area contributed by atoms with Crippen molar-refractivity contribution in [1.82, 2.24) is 10.2 Å². The molecule has 3 heterocycles. The van der Waals surface area contributed by atoms with Gasteiger partial charge in [0.05, 0.1) is 6.04 Å². The molecule has 2 heteroatoms. The van der Waals surface area contributed by atoms with Gasteiger partial charge in [-0.1, -0.05) is 19.8 Å². The highest BCUT2D eigenvalue weighted by Crippen LogP contribution is 2.25. The first-order chi connectivity index (χ1) is 6.90. The van der Waals surface area contributed by atoms with E-state index in [9.17, 15) is 0 Å². The van der Waals surface area contributed by atoms with Gasteiger partial charge in [-0.2, -0.15) is 4.90 Å². The van der Waals surface area contributed by atoms with Crippen LogP contribution in [0.5, 0.6) is 0 Å². The van der Waals surface area contributed by atoms with Crippen molar-refractivity contribution in [2.24, 2.45) is 5.92 Å². The van der Waals surface area contributed by atoms with E-state index in [1.807, 2.05) is 0 Å². The largest absolute Gasteiger partial charge is 0.309 e. The predicted octanol–water partition coefficient (Wildman–Crippen LogP) is 1.70. The predicted molar refractivity (Wildman–Crippen MR) is 60.8 cm³/mol. The second kappa shape index (κ2) is 5.13. The van der Waals surface area contributed by atoms with Crippen molar-refractivity contribution in [2.45, 2.75) is 45.1 Å². The van der Waals surface area contributed by atoms with Gasteiger partial charge in [0.25, 0.3) is 0 Å². The molecule has 3 aliphatic heterocycles. The van der Waals surface area contributed by atoms with E-state index in [1.54, 1.807) is 0 Å². The maximum atomic E-state index is 3.75. The molecule has 1 radical (unpaired) electrons. The first-order valence-electron chi connectivity index (χ1n) is 6.36. The minimum absolute atomic E-state index is 0.814. The summed E-state index contributed by atoms with van der Waals surface area (Å²) in [7, 11) is 0. The average molecular weight is 196 g/mol. The van der Waals surface area contributed by atoms with Gasteiger partial charge in [-0.3, -0.25) is 0 Å². The highest BCUT2D eigenvalue weighted by Gasteiger charge is 2.40. The third kappa shape index (κ3) is 2.48. The van der Waals surface area contributed by atoms with Crippen LogP contribution in [0.15, 0.2) is 0 Å². The topological polar surface area (TPSA) is 17.9 Å². The lowest BCUT2D eigenvalue weighted by Crippen LogP contribution is -2.58. The highest BCUT2D eigenvalue weighted by molar-refractivity contribution is 4.93. The van der Waals surface area contributed by atoms with E-state index in [2.05, 4.69) is 17.1 Å². The molecule has 2 nitrogen and oxygen atoms in total. The number of piperidine rings is 3. The molecule has 0 spiro atoms. The molecule has 3 saturated heterocycles. The number of nitrogens with zero attached hydrogens (tertiary/aromatic N) is 1. The lowest BCUT2D eigenvalue weighted by Gasteiger charge is -2.38. The van der Waals surface area contributed by atoms with Gasteiger partial charge in [0.2, 0.25) is 0 Å². The molecule has 81 valence electrons. The minimum atomic E-state index is 0.814. The molecule has 14 heavy (non-hydrogen) atoms. The van der Waals surface area contributed by atoms with E-state index in [-0.39, 0.29) is 0 Å². The smallest absolute Gasteiger partial charge is 0.138 e. The number of hydrogen-bond donors (Lipinski definition) is 1. The van der Waals surface area contributed by atoms with Crippen molar-refractivity contribution in [3.05, 3.63) is 0 Å². The molecular weight excluding hydrogens is 172 g/mol. The third-order valence-electron chi connectivity index (χ3n) is 3.84. The van der Waals surface area contributed by atoms with Gasteiger partial charge in [-0.05, 0) is 18.9 Å². The molecule has 0 amide bonds. The van der Waals surface area contributed by atoms with Crippen LogP contribution >= 0.6 is 0 Å². The summed E-state index contributed by atoms with van der Waals surface area (Å²) in [5.74, 6) is 0.988. The molecule has 2 bridgehead atoms. The molecule has 0 aromatic carbocycles. The number of rotatable bonds is 5. The van der Waals surface area contributed by atoms with Crippen LogP contribution in [0.4, 0.5) is 0 Å². The van der Waals surface area contributed by atoms with Crippen LogP contribution in [0.1, 0.15) is 39.0 Å². The Bertz CT molecular complexity index is 162. The van der Waals surface area contributed by atoms with Crippen molar-refractivity contribution in [3.63, 3.8) is 0 Å². The van der Waals surface area contributed by atoms with Crippen molar-refractivity contribution in [2.75, 3.05) is 26.2 Å². The van der Waals surface area contributed by atoms with Crippen LogP contribution < -0.4 is 10.2 Å². The lowest BCUT2D eigenvalue weighted by molar-refractivity contribution is 0.138. The summed E-state index contributed by atoms with van der Waals surface area (Å²) in [5, 5.41) is 3.75. The van der Waals surface area contributed by atoms with E-state index in [0.717, 1.165) is 12.0 Å². The van der Waals surface area contributed by atoms with Crippen LogP contribution in [0.3, 0.4) is 0 Å². The van der Waals surface area contributed by atoms with E-state index in [4.69, 9.17) is 0 Å². The number of unbranched alkanes of at least 4 members (excludes halogenated alkanes) is 2. The van der Waals surface area contributed by atoms with E-state index in [1.165, 1.54) is 58.3 Å². The Morgan fingerprint density at radius 1 is 1.21 bits per heavy atom. The van der Waals surface area contributed by atoms with Crippen LogP contribution in [0.2, 0.25) is 0 Å². The van der Waals surface area contributed by atoms with Gasteiger partial charge in [-0.25, -0.2) is 0 Å². The van der Waals surface area contributed by atoms with E-state index in [0.29, 0.717) is 0 Å². The van der Waals surface area contributed by atoms with Gasteiger partial charge in [0.1, 0.15) is 19.6 Å². The standard InChI is InChI=1S/C12H24N2/c1-2-3-4-7-13-12-10-14-8-5-11(12)6-9-14/h11-13H,2-10H2,1H3/q+1. The Hall–Kier alpha value is -0.0800. The fourth-order valence-electron chi connectivity index (χ4n) is 2.86. The molecule has 3 aliphatic rings. The van der Waals surface area contributed by atoms with Crippen LogP contribution in [-0.4, -0.2) is 32.2 Å². The summed E-state index contributed by atoms with van der Waals surface area (Å²) in [6.07, 6.45) is 6.95. The second-order valence-electron chi connectivity index (χ2n) is 4.91. The van der Waals surface area contributed by atoms with Gasteiger partial charge in [-0.15, -0.1) is 0 Å². The fraction of sp³-hybridized carbons (Fsp3) is 1.00. The SMILES string of the molecule is CCCCCNC1C[N+]2CCC1CC2. The van der Waals surface area contributed by atoms with E-state index >= 15 is 0 Å². The van der Waals surface area contributed by atoms with Gasteiger partial charge in [0.15, 0.2) is 0 Å². The maximum Gasteiger partial charge on any atom is 0.138 e. The van der Waals surface area contributed by atoms with Crippen LogP contribution in [0, 0.1) is 5.92 Å². The molecular formula is C12H24N2+. The van der Waals surface area contributed by atoms with E-state index < -0.39 is 0 Å². The average Bonchev–Trinajstić information content (AvgIpc) is 2.26. The molecule has 3 fully saturated rings. The van der Waals surface area contributed by atoms with Crippen LogP contribution in [0.25, 0.3) is 0 Å². The first kappa shape index (κ1) is 10.4. The first-order valence-corrected chi connectivity index (χ1v) is 6.36. The quantitative estimate of drug-likeness (QED) is 0.523. The Balaban J connectivity index is 1.66. The molecule has 1 atom stereocenters. The number of nitrogens with one attached hydrogen (secondary N) is 1. The zero-order chi connectivity index (χ0) is 9.80. The van der Waals surface area contributed by atoms with Crippen molar-refractivity contribution in [1.29, 1.82) is 0 Å². The summed E-state index contributed by atoms with van der Waals surface area (Å²) in [6.45, 7) is 7.55. The van der Waals surface area contributed by atoms with Gasteiger partial charge >= 0.3 is 0 Å². The Kier molecular flexibility index (Phi) is 3.82. The molecule has 1 unspecified atom stereocenters. The molecule has 0 saturated carbocycles. The minimum Gasteiger partial charge on any atom is -0.309 e. The van der Waals surface area contributed by atoms with Gasteiger partial charge < -0.3 is 5.32 Å². The summed E-state index contributed by atoms with van der Waals surface area (Å²) in [6, 6.07) is 0.814. The highest BCUT2D eigenvalue weighted by atomic mass is 15.2. The Morgan fingerprint density at radius 2 is 2.00 bits per heavy atom. The Morgan fingerprint density at radius 3 is 2.57 bits per heavy atom. The second-order valence-corrected chi connectivity index (χ2v) is 4.91. The van der Waals surface area contributed by atoms with Crippen molar-refractivity contribution < 1.29 is 0 Å². The molecule has 0 aliphatic carbocycles.